The zero-order valence-corrected chi connectivity index (χ0v) is 13.9. The van der Waals surface area contributed by atoms with Gasteiger partial charge >= 0.3 is 0 Å². The number of aromatic nitrogens is 3. The molecule has 124 valence electrons. The molecule has 2 aromatic heterocycles. The summed E-state index contributed by atoms with van der Waals surface area (Å²) in [4.78, 5) is 13.1. The molecule has 0 bridgehead atoms. The molecule has 0 aliphatic heterocycles. The van der Waals surface area contributed by atoms with E-state index in [1.807, 2.05) is 43.4 Å². The van der Waals surface area contributed by atoms with Crippen molar-refractivity contribution in [1.29, 1.82) is 0 Å². The molecule has 0 spiro atoms. The summed E-state index contributed by atoms with van der Waals surface area (Å²) in [5, 5.41) is 0.700. The Balaban J connectivity index is 1.66. The second-order valence-corrected chi connectivity index (χ2v) is 5.99. The summed E-state index contributed by atoms with van der Waals surface area (Å²) in [6.45, 7) is 1.24. The van der Waals surface area contributed by atoms with Crippen LogP contribution in [0.15, 0.2) is 40.8 Å². The highest BCUT2D eigenvalue weighted by Crippen LogP contribution is 2.23. The number of nitrogens with two attached hydrogens (primary N) is 2. The van der Waals surface area contributed by atoms with Gasteiger partial charge in [-0.2, -0.15) is 15.0 Å². The zero-order chi connectivity index (χ0) is 17.1. The van der Waals surface area contributed by atoms with Crippen molar-refractivity contribution < 1.29 is 9.32 Å². The van der Waals surface area contributed by atoms with Crippen molar-refractivity contribution in [2.75, 3.05) is 18.5 Å². The fourth-order valence-electron chi connectivity index (χ4n) is 2.41. The highest BCUT2D eigenvalue weighted by atomic mass is 35.5. The molecule has 2 heterocycles. The summed E-state index contributed by atoms with van der Waals surface area (Å²) in [6.07, 6.45) is 0. The monoisotopic (exact) mass is 345 g/mol. The van der Waals surface area contributed by atoms with Crippen molar-refractivity contribution in [1.82, 2.24) is 15.0 Å². The molecule has 0 saturated heterocycles. The second-order valence-electron chi connectivity index (χ2n) is 5.55. The van der Waals surface area contributed by atoms with Crippen LogP contribution in [0.4, 0.5) is 11.9 Å². The zero-order valence-electron chi connectivity index (χ0n) is 13.2. The summed E-state index contributed by atoms with van der Waals surface area (Å²) in [7, 11) is 2.01. The Hall–Kier alpha value is -2.64. The van der Waals surface area contributed by atoms with Gasteiger partial charge in [-0.25, -0.2) is 0 Å². The van der Waals surface area contributed by atoms with Crippen LogP contribution in [0.3, 0.4) is 0 Å². The van der Waals surface area contributed by atoms with Crippen molar-refractivity contribution in [3.05, 3.63) is 53.0 Å². The molecule has 3 rings (SSSR count). The minimum atomic E-state index is 0.133. The normalized spacial score (nSPS) is 12.2. The molecule has 5 N–H and O–H groups in total. The molecule has 1 atom stereocenters. The van der Waals surface area contributed by atoms with Gasteiger partial charge in [0.25, 0.3) is 0 Å². The first kappa shape index (κ1) is 16.2. The molecule has 0 fully saturated rings. The van der Waals surface area contributed by atoms with Crippen LogP contribution in [0, 0.1) is 0 Å². The van der Waals surface area contributed by atoms with E-state index in [0.717, 1.165) is 22.0 Å². The lowest BCUT2D eigenvalue weighted by atomic mass is 10.2. The van der Waals surface area contributed by atoms with E-state index in [2.05, 4.69) is 15.0 Å². The van der Waals surface area contributed by atoms with Gasteiger partial charge in [-0.15, -0.1) is 0 Å². The number of anilines is 2. The number of halogens is 1. The minimum Gasteiger partial charge on any atom is -0.455 e. The molecular weight excluding hydrogens is 328 g/mol. The maximum Gasteiger partial charge on any atom is 0.225 e. The first-order valence-corrected chi connectivity index (χ1v) is 7.79. The topological polar surface area (TPSA) is 108 Å². The molecule has 1 aromatic carbocycles. The van der Waals surface area contributed by atoms with E-state index in [1.165, 1.54) is 0 Å². The number of nitrogens with one attached hydrogen (secondary N) is 1. The number of nitrogen functional groups attached to an aromatic ring is 2. The van der Waals surface area contributed by atoms with E-state index < -0.39 is 0 Å². The van der Waals surface area contributed by atoms with Crippen molar-refractivity contribution >= 4 is 23.5 Å². The first-order valence-electron chi connectivity index (χ1n) is 7.41. The molecule has 0 radical (unpaired) electrons. The lowest BCUT2D eigenvalue weighted by molar-refractivity contribution is -0.909. The smallest absolute Gasteiger partial charge is 0.225 e. The van der Waals surface area contributed by atoms with Crippen LogP contribution >= 0.6 is 11.6 Å². The highest BCUT2D eigenvalue weighted by Gasteiger charge is 2.13. The standard InChI is InChI=1S/C16H17ClN6O/c1-23(9-14-20-15(18)22-16(19)21-14)8-12-6-7-13(24-12)10-2-4-11(17)5-3-10/h2-7H,8-9H2,1H3,(H4,18,19,20,21,22)/p+1. The third-order valence-corrected chi connectivity index (χ3v) is 3.69. The highest BCUT2D eigenvalue weighted by molar-refractivity contribution is 6.30. The van der Waals surface area contributed by atoms with Crippen LogP contribution in [0.5, 0.6) is 0 Å². The molecule has 8 heteroatoms. The molecule has 0 amide bonds. The van der Waals surface area contributed by atoms with Crippen molar-refractivity contribution in [3.63, 3.8) is 0 Å². The third-order valence-electron chi connectivity index (χ3n) is 3.44. The lowest BCUT2D eigenvalue weighted by Crippen LogP contribution is -3.06. The fraction of sp³-hybridized carbons (Fsp3) is 0.188. The number of rotatable bonds is 5. The lowest BCUT2D eigenvalue weighted by Gasteiger charge is -2.11. The van der Waals surface area contributed by atoms with E-state index in [1.54, 1.807) is 0 Å². The average Bonchev–Trinajstić information content (AvgIpc) is 2.95. The number of hydrogen-bond acceptors (Lipinski definition) is 6. The minimum absolute atomic E-state index is 0.133. The Morgan fingerprint density at radius 3 is 2.29 bits per heavy atom. The molecule has 0 aliphatic carbocycles. The maximum atomic E-state index is 5.90. The second kappa shape index (κ2) is 6.86. The molecule has 0 saturated carbocycles. The van der Waals surface area contributed by atoms with Crippen LogP contribution in [0.1, 0.15) is 11.6 Å². The van der Waals surface area contributed by atoms with Gasteiger partial charge in [0, 0.05) is 10.6 Å². The van der Waals surface area contributed by atoms with Crippen LogP contribution < -0.4 is 16.4 Å². The van der Waals surface area contributed by atoms with E-state index in [-0.39, 0.29) is 11.9 Å². The predicted molar refractivity (Wildman–Crippen MR) is 92.1 cm³/mol. The van der Waals surface area contributed by atoms with Gasteiger partial charge < -0.3 is 20.8 Å². The van der Waals surface area contributed by atoms with Crippen molar-refractivity contribution in [2.45, 2.75) is 13.1 Å². The number of nitrogens with zero attached hydrogens (tertiary/aromatic N) is 3. The quantitative estimate of drug-likeness (QED) is 0.640. The van der Waals surface area contributed by atoms with Crippen LogP contribution in [0.25, 0.3) is 11.3 Å². The summed E-state index contributed by atoms with van der Waals surface area (Å²) in [5.74, 6) is 2.50. The summed E-state index contributed by atoms with van der Waals surface area (Å²) < 4.78 is 5.90. The van der Waals surface area contributed by atoms with E-state index in [9.17, 15) is 0 Å². The van der Waals surface area contributed by atoms with Gasteiger partial charge in [0.05, 0.1) is 7.05 Å². The van der Waals surface area contributed by atoms with Gasteiger partial charge in [-0.3, -0.25) is 0 Å². The molecule has 24 heavy (non-hydrogen) atoms. The van der Waals surface area contributed by atoms with Crippen molar-refractivity contribution in [3.8, 4) is 11.3 Å². The maximum absolute atomic E-state index is 5.90. The predicted octanol–water partition coefficient (Wildman–Crippen LogP) is 1.16. The number of benzene rings is 1. The molecule has 0 aliphatic rings. The van der Waals surface area contributed by atoms with Crippen LogP contribution in [0.2, 0.25) is 5.02 Å². The van der Waals surface area contributed by atoms with Gasteiger partial charge in [-0.05, 0) is 36.4 Å². The van der Waals surface area contributed by atoms with Gasteiger partial charge in [0.15, 0.2) is 11.6 Å². The molecule has 3 aromatic rings. The molecule has 7 nitrogen and oxygen atoms in total. The van der Waals surface area contributed by atoms with Gasteiger partial charge in [0.1, 0.15) is 18.8 Å². The Morgan fingerprint density at radius 1 is 0.958 bits per heavy atom. The number of quaternary nitrogens is 1. The first-order chi connectivity index (χ1) is 11.5. The van der Waals surface area contributed by atoms with Gasteiger partial charge in [0.2, 0.25) is 11.9 Å². The van der Waals surface area contributed by atoms with Crippen molar-refractivity contribution in [2.24, 2.45) is 0 Å². The Bertz CT molecular complexity index is 813. The Morgan fingerprint density at radius 2 is 1.62 bits per heavy atom. The third kappa shape index (κ3) is 4.01. The summed E-state index contributed by atoms with van der Waals surface area (Å²) in [5.41, 5.74) is 12.2. The molecular formula is C16H18ClN6O+. The Kier molecular flexibility index (Phi) is 4.64. The summed E-state index contributed by atoms with van der Waals surface area (Å²) >= 11 is 5.90. The van der Waals surface area contributed by atoms with E-state index in [4.69, 9.17) is 27.5 Å². The van der Waals surface area contributed by atoms with E-state index >= 15 is 0 Å². The summed E-state index contributed by atoms with van der Waals surface area (Å²) in [6, 6.07) is 11.4. The van der Waals surface area contributed by atoms with Gasteiger partial charge in [-0.1, -0.05) is 11.6 Å². The number of hydrogen-bond donors (Lipinski definition) is 3. The van der Waals surface area contributed by atoms with Crippen LogP contribution in [-0.2, 0) is 13.1 Å². The largest absolute Gasteiger partial charge is 0.455 e. The Labute approximate surface area is 144 Å². The fourth-order valence-corrected chi connectivity index (χ4v) is 2.53. The van der Waals surface area contributed by atoms with Crippen LogP contribution in [-0.4, -0.2) is 22.0 Å². The SMILES string of the molecule is C[NH+](Cc1nc(N)nc(N)n1)Cc1ccc(-c2ccc(Cl)cc2)o1. The van der Waals surface area contributed by atoms with E-state index in [0.29, 0.717) is 23.9 Å². The molecule has 1 unspecified atom stereocenters. The number of furan rings is 1. The average molecular weight is 346 g/mol.